The Bertz CT molecular complexity index is 2790. The number of likely N-dealkylation sites (tertiary alicyclic amines) is 2. The number of cyclic esters (lactones) is 1. The first-order valence-electron chi connectivity index (χ1n) is 25.9. The number of fused-ring (bicyclic) bond motifs is 6. The number of carbonyl (C=O) groups excluding carboxylic acids is 5. The minimum atomic E-state index is -2.16. The number of morpholine rings is 1. The van der Waals surface area contributed by atoms with Gasteiger partial charge in [-0.3, -0.25) is 34.0 Å². The fourth-order valence-electron chi connectivity index (χ4n) is 11.6. The Kier molecular flexibility index (Phi) is 15.7. The fraction of sp³-hybridized carbons (Fsp3) is 0.604. The van der Waals surface area contributed by atoms with E-state index in [-0.39, 0.29) is 62.7 Å². The third-order valence-corrected chi connectivity index (χ3v) is 16.7. The Labute approximate surface area is 439 Å². The highest BCUT2D eigenvalue weighted by atomic mass is 35.5. The number of aromatic nitrogens is 3. The number of thiazole rings is 1. The van der Waals surface area contributed by atoms with Gasteiger partial charge >= 0.3 is 5.97 Å². The molecular formula is C53H68ClF2N9O8S. The van der Waals surface area contributed by atoms with Crippen LogP contribution < -0.4 is 15.6 Å². The van der Waals surface area contributed by atoms with Crippen LogP contribution in [0, 0.1) is 22.6 Å². The Morgan fingerprint density at radius 1 is 1.03 bits per heavy atom. The van der Waals surface area contributed by atoms with Crippen molar-refractivity contribution in [2.75, 3.05) is 71.1 Å². The first-order valence-corrected chi connectivity index (χ1v) is 27.2. The molecule has 17 nitrogen and oxygen atoms in total. The molecule has 2 N–H and O–H groups in total. The van der Waals surface area contributed by atoms with E-state index in [0.29, 0.717) is 87.6 Å². The van der Waals surface area contributed by atoms with E-state index in [2.05, 4.69) is 26.3 Å². The molecule has 3 aromatic heterocycles. The molecule has 9 rings (SSSR count). The Hall–Kier alpha value is -5.28. The minimum absolute atomic E-state index is 0.0285. The summed E-state index contributed by atoms with van der Waals surface area (Å²) < 4.78 is 50.5. The van der Waals surface area contributed by atoms with Crippen LogP contribution in [0.4, 0.5) is 14.5 Å². The second kappa shape index (κ2) is 21.8. The lowest BCUT2D eigenvalue weighted by Gasteiger charge is -2.39. The van der Waals surface area contributed by atoms with Crippen molar-refractivity contribution in [1.82, 2.24) is 40.1 Å². The molecule has 400 valence electrons. The van der Waals surface area contributed by atoms with E-state index in [9.17, 15) is 28.4 Å². The molecule has 0 aliphatic carbocycles. The van der Waals surface area contributed by atoms with Crippen LogP contribution in [-0.4, -0.2) is 149 Å². The molecular weight excluding hydrogens is 996 g/mol. The second-order valence-corrected chi connectivity index (χ2v) is 22.8. The number of aryl methyl sites for hydroxylation is 1. The summed E-state index contributed by atoms with van der Waals surface area (Å²) >= 11 is 6.69. The lowest BCUT2D eigenvalue weighted by molar-refractivity contribution is -0.155. The molecule has 1 aromatic carbocycles. The number of nitrogens with one attached hydrogen (secondary N) is 2. The number of esters is 1. The molecule has 5 aliphatic rings. The number of amides is 4. The molecule has 0 saturated carbocycles. The van der Waals surface area contributed by atoms with Gasteiger partial charge in [-0.05, 0) is 82.1 Å². The highest BCUT2D eigenvalue weighted by Gasteiger charge is 2.52. The molecule has 4 fully saturated rings. The van der Waals surface area contributed by atoms with E-state index in [0.717, 1.165) is 33.6 Å². The Morgan fingerprint density at radius 3 is 2.45 bits per heavy atom. The van der Waals surface area contributed by atoms with Gasteiger partial charge in [0.1, 0.15) is 23.9 Å². The number of benzene rings is 1. The van der Waals surface area contributed by atoms with E-state index in [1.807, 2.05) is 53.8 Å². The van der Waals surface area contributed by atoms with Crippen LogP contribution in [0.2, 0.25) is 0 Å². The van der Waals surface area contributed by atoms with Crippen molar-refractivity contribution in [3.05, 3.63) is 51.9 Å². The van der Waals surface area contributed by atoms with Crippen molar-refractivity contribution < 1.29 is 47.0 Å². The van der Waals surface area contributed by atoms with Crippen LogP contribution in [0.25, 0.3) is 33.4 Å². The van der Waals surface area contributed by atoms with E-state index in [4.69, 9.17) is 35.8 Å². The lowest BCUT2D eigenvalue weighted by Crippen LogP contribution is -2.62. The normalized spacial score (nSPS) is 22.8. The summed E-state index contributed by atoms with van der Waals surface area (Å²) in [5.41, 5.74) is 5.05. The standard InChI is InChI=1S/C53H68ClF2N9O8S/c1-8-63-41-24-37(55)34-23-33(41)36(45(63)35-22-32(61-18-20-72-21-19-61)27-57-43(35)31(4)71-7)26-52(5,6)29-73-50(69)38-10-9-14-65(60-38)48(67)39(25-42-58-40(34)28-74-42)59-47(66)44(30(2)3)64-17-13-53(51(64)70)11-15-62(16-12-53)49(68)46(54)56/h22-24,27-28,30-31,38-39,44,46,60H,8-21,25-26,29H2,1-7H3,(H,59,66)/t31-,38-,39-,44-,46-/m0/s1. The van der Waals surface area contributed by atoms with Crippen LogP contribution in [0.15, 0.2) is 29.8 Å². The Morgan fingerprint density at radius 2 is 1.76 bits per heavy atom. The van der Waals surface area contributed by atoms with Gasteiger partial charge in [0.25, 0.3) is 17.4 Å². The Balaban J connectivity index is 1.09. The van der Waals surface area contributed by atoms with Gasteiger partial charge < -0.3 is 38.8 Å². The molecule has 8 heterocycles. The zero-order valence-corrected chi connectivity index (χ0v) is 44.9. The van der Waals surface area contributed by atoms with Gasteiger partial charge in [0.05, 0.1) is 70.8 Å². The van der Waals surface area contributed by atoms with Crippen molar-refractivity contribution >= 4 is 69.1 Å². The van der Waals surface area contributed by atoms with Crippen molar-refractivity contribution in [2.45, 2.75) is 123 Å². The molecule has 74 heavy (non-hydrogen) atoms. The van der Waals surface area contributed by atoms with E-state index >= 15 is 4.39 Å². The van der Waals surface area contributed by atoms with Gasteiger partial charge in [-0.15, -0.1) is 11.3 Å². The first-order chi connectivity index (χ1) is 35.3. The fourth-order valence-corrected chi connectivity index (χ4v) is 12.5. The number of anilines is 1. The quantitative estimate of drug-likeness (QED) is 0.129. The van der Waals surface area contributed by atoms with Crippen molar-refractivity contribution in [2.24, 2.45) is 16.7 Å². The van der Waals surface area contributed by atoms with Crippen molar-refractivity contribution in [1.29, 1.82) is 0 Å². The average molecular weight is 1060 g/mol. The number of piperidine rings is 1. The maximum atomic E-state index is 17.0. The van der Waals surface area contributed by atoms with Gasteiger partial charge in [0, 0.05) is 86.7 Å². The number of hydrogen-bond acceptors (Lipinski definition) is 13. The van der Waals surface area contributed by atoms with Crippen LogP contribution in [-0.2, 0) is 57.6 Å². The summed E-state index contributed by atoms with van der Waals surface area (Å²) in [6, 6.07) is 2.50. The zero-order chi connectivity index (χ0) is 52.8. The molecule has 5 atom stereocenters. The number of nitrogens with zero attached hydrogens (tertiary/aromatic N) is 7. The molecule has 6 bridgehead atoms. The molecule has 4 saturated heterocycles. The largest absolute Gasteiger partial charge is 0.464 e. The zero-order valence-electron chi connectivity index (χ0n) is 43.3. The van der Waals surface area contributed by atoms with Gasteiger partial charge in [-0.2, -0.15) is 0 Å². The number of hydrogen-bond donors (Lipinski definition) is 2. The predicted octanol–water partition coefficient (Wildman–Crippen LogP) is 6.58. The van der Waals surface area contributed by atoms with Crippen molar-refractivity contribution in [3.63, 3.8) is 0 Å². The summed E-state index contributed by atoms with van der Waals surface area (Å²) in [7, 11) is 1.65. The number of ether oxygens (including phenoxy) is 3. The molecule has 0 unspecified atom stereocenters. The van der Waals surface area contributed by atoms with Crippen LogP contribution in [0.3, 0.4) is 0 Å². The summed E-state index contributed by atoms with van der Waals surface area (Å²) in [5.74, 6) is -3.50. The number of hydrazine groups is 1. The van der Waals surface area contributed by atoms with Crippen LogP contribution in [0.1, 0.15) is 96.0 Å². The summed E-state index contributed by atoms with van der Waals surface area (Å²) in [6.45, 7) is 15.7. The summed E-state index contributed by atoms with van der Waals surface area (Å²) in [5, 5.41) is 7.37. The molecule has 5 aliphatic heterocycles. The molecule has 0 radical (unpaired) electrons. The number of carbonyl (C=O) groups is 5. The van der Waals surface area contributed by atoms with Crippen LogP contribution >= 0.6 is 22.9 Å². The smallest absolute Gasteiger partial charge is 0.324 e. The minimum Gasteiger partial charge on any atom is -0.464 e. The summed E-state index contributed by atoms with van der Waals surface area (Å²) in [6.07, 6.45) is 3.77. The molecule has 21 heteroatoms. The number of rotatable bonds is 10. The summed E-state index contributed by atoms with van der Waals surface area (Å²) in [4.78, 5) is 85.4. The first kappa shape index (κ1) is 53.5. The maximum Gasteiger partial charge on any atom is 0.324 e. The predicted molar refractivity (Wildman–Crippen MR) is 276 cm³/mol. The topological polar surface area (TPSA) is 181 Å². The maximum absolute atomic E-state index is 17.0. The van der Waals surface area contributed by atoms with Gasteiger partial charge in [-0.1, -0.05) is 39.3 Å². The molecule has 1 spiro atoms. The van der Waals surface area contributed by atoms with Gasteiger partial charge in [0.15, 0.2) is 0 Å². The van der Waals surface area contributed by atoms with E-state index < -0.39 is 64.1 Å². The van der Waals surface area contributed by atoms with E-state index in [1.54, 1.807) is 23.5 Å². The average Bonchev–Trinajstić information content (AvgIpc) is 4.07. The van der Waals surface area contributed by atoms with Crippen molar-refractivity contribution in [3.8, 4) is 22.5 Å². The monoisotopic (exact) mass is 1060 g/mol. The number of halogens is 3. The van der Waals surface area contributed by atoms with Gasteiger partial charge in [0.2, 0.25) is 11.8 Å². The lowest BCUT2D eigenvalue weighted by atomic mass is 9.77. The third kappa shape index (κ3) is 10.5. The number of pyridine rings is 1. The highest BCUT2D eigenvalue weighted by molar-refractivity contribution is 7.10. The highest BCUT2D eigenvalue weighted by Crippen LogP contribution is 2.45. The van der Waals surface area contributed by atoms with Gasteiger partial charge in [-0.25, -0.2) is 19.2 Å². The third-order valence-electron chi connectivity index (χ3n) is 15.7. The van der Waals surface area contributed by atoms with E-state index in [1.165, 1.54) is 21.2 Å². The second-order valence-electron chi connectivity index (χ2n) is 21.5. The molecule has 4 aromatic rings. The number of methoxy groups -OCH3 is 1. The molecule has 4 amide bonds. The SMILES string of the molecule is CCn1c(-c2cc(N3CCOCC3)cnc2[C@H](C)OC)c2c3cc(c(F)cc31)-c1csc(n1)C[C@H](NC(=O)[C@H](C(C)C)N1CCC3(CCN(C(=O)[C@H](F)Cl)CC3)C1=O)C(=O)N1CCC[C@H](N1)C(=O)OCC(C)(C)C2. The van der Waals surface area contributed by atoms with Crippen LogP contribution in [0.5, 0.6) is 0 Å². The number of alkyl halides is 2.